The number of rotatable bonds is 0. The summed E-state index contributed by atoms with van der Waals surface area (Å²) in [5.41, 5.74) is 0. The lowest BCUT2D eigenvalue weighted by molar-refractivity contribution is 1.35. The molecule has 2 aromatic heterocycles. The van der Waals surface area contributed by atoms with Crippen LogP contribution in [0, 0.1) is 6.07 Å². The second kappa shape index (κ2) is 2.77. The summed E-state index contributed by atoms with van der Waals surface area (Å²) in [6.07, 6.45) is 7.29. The van der Waals surface area contributed by atoms with Gasteiger partial charge in [0.1, 0.15) is 0 Å². The number of nitrogens with zero attached hydrogens (tertiary/aromatic N) is 2. The Hall–Kier alpha value is -1.96. The van der Waals surface area contributed by atoms with Gasteiger partial charge in [0.2, 0.25) is 0 Å². The second-order valence-corrected chi connectivity index (χ2v) is 3.17. The van der Waals surface area contributed by atoms with Crippen LogP contribution in [0.2, 0.25) is 0 Å². The second-order valence-electron chi connectivity index (χ2n) is 3.17. The van der Waals surface area contributed by atoms with E-state index in [2.05, 4.69) is 16.0 Å². The van der Waals surface area contributed by atoms with Crippen molar-refractivity contribution < 1.29 is 0 Å². The molecule has 0 aliphatic rings. The van der Waals surface area contributed by atoms with Crippen molar-refractivity contribution >= 4 is 21.5 Å². The standard InChI is InChI=1S/C12H7N2/c1-2-10-4-6-14-8-12(10)11-7-13-5-3-9(1)11/h1,3-8H. The minimum atomic E-state index is 1.08. The zero-order valence-electron chi connectivity index (χ0n) is 7.44. The highest BCUT2D eigenvalue weighted by atomic mass is 14.6. The van der Waals surface area contributed by atoms with Gasteiger partial charge >= 0.3 is 0 Å². The van der Waals surface area contributed by atoms with Gasteiger partial charge in [0.15, 0.2) is 0 Å². The van der Waals surface area contributed by atoms with E-state index in [1.165, 1.54) is 0 Å². The lowest BCUT2D eigenvalue weighted by Gasteiger charge is -2.00. The highest BCUT2D eigenvalue weighted by Gasteiger charge is 1.98. The zero-order chi connectivity index (χ0) is 9.38. The highest BCUT2D eigenvalue weighted by Crippen LogP contribution is 2.22. The molecular weight excluding hydrogens is 172 g/mol. The molecule has 14 heavy (non-hydrogen) atoms. The Bertz CT molecular complexity index is 547. The first kappa shape index (κ1) is 7.44. The van der Waals surface area contributed by atoms with Crippen molar-refractivity contribution in [2.75, 3.05) is 0 Å². The van der Waals surface area contributed by atoms with Crippen LogP contribution in [0.5, 0.6) is 0 Å². The van der Waals surface area contributed by atoms with Crippen molar-refractivity contribution in [3.8, 4) is 0 Å². The van der Waals surface area contributed by atoms with E-state index in [4.69, 9.17) is 0 Å². The first-order chi connectivity index (χ1) is 6.95. The molecule has 0 amide bonds. The SMILES string of the molecule is [c]1cc2ccncc2c2cnccc12. The fourth-order valence-electron chi connectivity index (χ4n) is 1.65. The molecule has 0 unspecified atom stereocenters. The fourth-order valence-corrected chi connectivity index (χ4v) is 1.65. The molecule has 0 N–H and O–H groups in total. The smallest absolute Gasteiger partial charge is 0.0353 e. The lowest BCUT2D eigenvalue weighted by atomic mass is 10.1. The molecule has 2 nitrogen and oxygen atoms in total. The van der Waals surface area contributed by atoms with Crippen LogP contribution in [0.4, 0.5) is 0 Å². The van der Waals surface area contributed by atoms with Gasteiger partial charge in [-0.05, 0) is 35.0 Å². The molecule has 3 rings (SSSR count). The number of hydrogen-bond donors (Lipinski definition) is 0. The van der Waals surface area contributed by atoms with E-state index in [9.17, 15) is 0 Å². The summed E-state index contributed by atoms with van der Waals surface area (Å²) >= 11 is 0. The maximum Gasteiger partial charge on any atom is 0.0353 e. The third-order valence-electron chi connectivity index (χ3n) is 2.35. The predicted molar refractivity (Wildman–Crippen MR) is 55.9 cm³/mol. The van der Waals surface area contributed by atoms with E-state index in [1.54, 1.807) is 12.4 Å². The summed E-state index contributed by atoms with van der Waals surface area (Å²) in [4.78, 5) is 8.24. The molecule has 1 radical (unpaired) electrons. The van der Waals surface area contributed by atoms with Gasteiger partial charge in [0.25, 0.3) is 0 Å². The van der Waals surface area contributed by atoms with E-state index in [1.807, 2.05) is 30.6 Å². The van der Waals surface area contributed by atoms with Crippen molar-refractivity contribution in [2.45, 2.75) is 0 Å². The summed E-state index contributed by atoms with van der Waals surface area (Å²) in [6.45, 7) is 0. The maximum atomic E-state index is 4.12. The van der Waals surface area contributed by atoms with Crippen molar-refractivity contribution in [3.63, 3.8) is 0 Å². The van der Waals surface area contributed by atoms with Crippen LogP contribution in [0.25, 0.3) is 21.5 Å². The maximum absolute atomic E-state index is 4.12. The van der Waals surface area contributed by atoms with Gasteiger partial charge in [-0.1, -0.05) is 0 Å². The van der Waals surface area contributed by atoms with Crippen molar-refractivity contribution in [1.82, 2.24) is 9.97 Å². The van der Waals surface area contributed by atoms with Gasteiger partial charge in [0.05, 0.1) is 0 Å². The van der Waals surface area contributed by atoms with Crippen LogP contribution in [-0.4, -0.2) is 9.97 Å². The molecule has 1 aromatic carbocycles. The predicted octanol–water partition coefficient (Wildman–Crippen LogP) is 2.58. The van der Waals surface area contributed by atoms with Crippen LogP contribution in [-0.2, 0) is 0 Å². The van der Waals surface area contributed by atoms with Gasteiger partial charge < -0.3 is 0 Å². The third kappa shape index (κ3) is 0.973. The summed E-state index contributed by atoms with van der Waals surface area (Å²) in [5, 5.41) is 4.48. The molecular formula is C12H7N2. The Morgan fingerprint density at radius 2 is 1.71 bits per heavy atom. The molecule has 0 bridgehead atoms. The van der Waals surface area contributed by atoms with Crippen LogP contribution in [0.3, 0.4) is 0 Å². The van der Waals surface area contributed by atoms with Crippen molar-refractivity contribution in [2.24, 2.45) is 0 Å². The Morgan fingerprint density at radius 3 is 2.64 bits per heavy atom. The largest absolute Gasteiger partial charge is 0.264 e. The summed E-state index contributed by atoms with van der Waals surface area (Å²) in [6, 6.07) is 9.16. The van der Waals surface area contributed by atoms with Crippen molar-refractivity contribution in [1.29, 1.82) is 0 Å². The molecule has 0 fully saturated rings. The molecule has 0 saturated carbocycles. The van der Waals surface area contributed by atoms with Gasteiger partial charge in [-0.2, -0.15) is 0 Å². The summed E-state index contributed by atoms with van der Waals surface area (Å²) < 4.78 is 0. The normalized spacial score (nSPS) is 10.9. The zero-order valence-corrected chi connectivity index (χ0v) is 7.44. The van der Waals surface area contributed by atoms with Crippen LogP contribution in [0.1, 0.15) is 0 Å². The van der Waals surface area contributed by atoms with E-state index < -0.39 is 0 Å². The molecule has 0 atom stereocenters. The topological polar surface area (TPSA) is 25.8 Å². The van der Waals surface area contributed by atoms with Crippen molar-refractivity contribution in [3.05, 3.63) is 49.1 Å². The first-order valence-corrected chi connectivity index (χ1v) is 4.43. The molecule has 3 aromatic rings. The number of aromatic nitrogens is 2. The van der Waals surface area contributed by atoms with Crippen LogP contribution >= 0.6 is 0 Å². The van der Waals surface area contributed by atoms with Crippen LogP contribution < -0.4 is 0 Å². The van der Waals surface area contributed by atoms with Gasteiger partial charge in [0, 0.05) is 35.6 Å². The van der Waals surface area contributed by atoms with Gasteiger partial charge in [-0.25, -0.2) is 0 Å². The minimum absolute atomic E-state index is 1.08. The molecule has 65 valence electrons. The molecule has 0 saturated heterocycles. The Morgan fingerprint density at radius 1 is 0.929 bits per heavy atom. The molecule has 0 spiro atoms. The van der Waals surface area contributed by atoms with E-state index in [0.717, 1.165) is 21.5 Å². The first-order valence-electron chi connectivity index (χ1n) is 4.43. The van der Waals surface area contributed by atoms with E-state index in [0.29, 0.717) is 0 Å². The molecule has 2 heterocycles. The summed E-state index contributed by atoms with van der Waals surface area (Å²) in [5.74, 6) is 0. The number of pyridine rings is 2. The number of fused-ring (bicyclic) bond motifs is 3. The highest BCUT2D eigenvalue weighted by molar-refractivity contribution is 6.06. The molecule has 2 heteroatoms. The Labute approximate surface area is 81.2 Å². The molecule has 0 aliphatic carbocycles. The Balaban J connectivity index is 2.61. The fraction of sp³-hybridized carbons (Fsp3) is 0. The number of hydrogen-bond acceptors (Lipinski definition) is 2. The monoisotopic (exact) mass is 179 g/mol. The van der Waals surface area contributed by atoms with Crippen LogP contribution in [0.15, 0.2) is 43.0 Å². The number of benzene rings is 1. The quantitative estimate of drug-likeness (QED) is 0.496. The molecule has 0 aliphatic heterocycles. The third-order valence-corrected chi connectivity index (χ3v) is 2.35. The summed E-state index contributed by atoms with van der Waals surface area (Å²) in [7, 11) is 0. The average molecular weight is 179 g/mol. The minimum Gasteiger partial charge on any atom is -0.264 e. The van der Waals surface area contributed by atoms with E-state index >= 15 is 0 Å². The van der Waals surface area contributed by atoms with Gasteiger partial charge in [-0.15, -0.1) is 0 Å². The average Bonchev–Trinajstić information content (AvgIpc) is 2.29. The lowest BCUT2D eigenvalue weighted by Crippen LogP contribution is -1.80. The Kier molecular flexibility index (Phi) is 1.47. The van der Waals surface area contributed by atoms with E-state index in [-0.39, 0.29) is 0 Å². The van der Waals surface area contributed by atoms with Gasteiger partial charge in [-0.3, -0.25) is 9.97 Å².